The number of furan rings is 1. The molecule has 0 unspecified atom stereocenters. The van der Waals surface area contributed by atoms with E-state index in [2.05, 4.69) is 5.32 Å². The quantitative estimate of drug-likeness (QED) is 0.670. The fraction of sp³-hybridized carbons (Fsp3) is 0.190. The molecule has 2 heterocycles. The number of fused-ring (bicyclic) bond motifs is 1. The minimum Gasteiger partial charge on any atom is -0.493 e. The summed E-state index contributed by atoms with van der Waals surface area (Å²) in [6.45, 7) is 0.482. The summed E-state index contributed by atoms with van der Waals surface area (Å²) < 4.78 is 49.8. The van der Waals surface area contributed by atoms with Crippen LogP contribution < -0.4 is 10.1 Å². The lowest BCUT2D eigenvalue weighted by molar-refractivity contribution is -0.137. The van der Waals surface area contributed by atoms with Crippen molar-refractivity contribution in [3.05, 3.63) is 77.6 Å². The van der Waals surface area contributed by atoms with E-state index in [4.69, 9.17) is 9.15 Å². The van der Waals surface area contributed by atoms with Gasteiger partial charge in [-0.3, -0.25) is 4.79 Å². The standard InChI is InChI=1S/C21H16F3NO3/c22-21(23,24)14-5-3-4-13(12-14)17-8-9-19(28-17)20(26)25-16-10-11-27-18-7-2-1-6-15(16)18/h1-9,12,16H,10-11H2,(H,25,26)/t16-/m0/s1. The SMILES string of the molecule is O=C(N[C@H]1CCOc2ccccc21)c1ccc(-c2cccc(C(F)(F)F)c2)o1. The first-order valence-corrected chi connectivity index (χ1v) is 8.72. The third-order valence-electron chi connectivity index (χ3n) is 4.57. The van der Waals surface area contributed by atoms with Crippen molar-refractivity contribution in [1.82, 2.24) is 5.32 Å². The lowest BCUT2D eigenvalue weighted by Crippen LogP contribution is -2.31. The van der Waals surface area contributed by atoms with Crippen LogP contribution >= 0.6 is 0 Å². The second-order valence-corrected chi connectivity index (χ2v) is 6.44. The fourth-order valence-electron chi connectivity index (χ4n) is 3.19. The first-order chi connectivity index (χ1) is 13.4. The molecule has 0 fully saturated rings. The number of alkyl halides is 3. The molecule has 1 aliphatic rings. The molecular weight excluding hydrogens is 371 g/mol. The second-order valence-electron chi connectivity index (χ2n) is 6.44. The number of rotatable bonds is 3. The van der Waals surface area contributed by atoms with Crippen LogP contribution in [0, 0.1) is 0 Å². The van der Waals surface area contributed by atoms with Gasteiger partial charge in [0.1, 0.15) is 11.5 Å². The molecule has 7 heteroatoms. The van der Waals surface area contributed by atoms with Crippen LogP contribution in [-0.4, -0.2) is 12.5 Å². The van der Waals surface area contributed by atoms with Gasteiger partial charge in [0.15, 0.2) is 5.76 Å². The van der Waals surface area contributed by atoms with E-state index in [0.29, 0.717) is 13.0 Å². The van der Waals surface area contributed by atoms with E-state index >= 15 is 0 Å². The van der Waals surface area contributed by atoms with E-state index in [1.807, 2.05) is 24.3 Å². The second kappa shape index (κ2) is 7.07. The highest BCUT2D eigenvalue weighted by Crippen LogP contribution is 2.34. The van der Waals surface area contributed by atoms with Gasteiger partial charge in [0.2, 0.25) is 0 Å². The van der Waals surface area contributed by atoms with E-state index in [-0.39, 0.29) is 23.1 Å². The van der Waals surface area contributed by atoms with Gasteiger partial charge in [-0.15, -0.1) is 0 Å². The molecule has 28 heavy (non-hydrogen) atoms. The van der Waals surface area contributed by atoms with Crippen LogP contribution in [0.3, 0.4) is 0 Å². The molecule has 1 N–H and O–H groups in total. The summed E-state index contributed by atoms with van der Waals surface area (Å²) in [5.41, 5.74) is 0.364. The molecule has 4 rings (SSSR count). The number of carbonyl (C=O) groups is 1. The highest BCUT2D eigenvalue weighted by atomic mass is 19.4. The van der Waals surface area contributed by atoms with E-state index in [0.717, 1.165) is 23.4 Å². The van der Waals surface area contributed by atoms with E-state index < -0.39 is 17.6 Å². The zero-order chi connectivity index (χ0) is 19.7. The molecule has 0 saturated carbocycles. The molecule has 1 aliphatic heterocycles. The van der Waals surface area contributed by atoms with Gasteiger partial charge >= 0.3 is 6.18 Å². The lowest BCUT2D eigenvalue weighted by atomic mass is 10.0. The van der Waals surface area contributed by atoms with Crippen molar-refractivity contribution in [3.63, 3.8) is 0 Å². The first kappa shape index (κ1) is 18.2. The monoisotopic (exact) mass is 387 g/mol. The summed E-state index contributed by atoms with van der Waals surface area (Å²) in [6, 6.07) is 15.0. The van der Waals surface area contributed by atoms with Gasteiger partial charge in [-0.1, -0.05) is 30.3 Å². The molecule has 1 amide bonds. The van der Waals surface area contributed by atoms with Crippen molar-refractivity contribution in [1.29, 1.82) is 0 Å². The highest BCUT2D eigenvalue weighted by Gasteiger charge is 2.31. The summed E-state index contributed by atoms with van der Waals surface area (Å²) in [5, 5.41) is 2.90. The predicted molar refractivity (Wildman–Crippen MR) is 95.9 cm³/mol. The van der Waals surface area contributed by atoms with Gasteiger partial charge in [-0.2, -0.15) is 13.2 Å². The van der Waals surface area contributed by atoms with Gasteiger partial charge in [-0.05, 0) is 30.3 Å². The number of amides is 1. The Bertz CT molecular complexity index is 1010. The predicted octanol–water partition coefficient (Wildman–Crippen LogP) is 5.22. The van der Waals surface area contributed by atoms with Crippen LogP contribution in [0.4, 0.5) is 13.2 Å². The molecule has 4 nitrogen and oxygen atoms in total. The molecule has 3 aromatic rings. The Morgan fingerprint density at radius 2 is 1.86 bits per heavy atom. The molecular formula is C21H16F3NO3. The van der Waals surface area contributed by atoms with Crippen LogP contribution in [0.15, 0.2) is 65.1 Å². The van der Waals surface area contributed by atoms with Crippen LogP contribution in [0.1, 0.15) is 34.1 Å². The van der Waals surface area contributed by atoms with Crippen LogP contribution in [0.5, 0.6) is 5.75 Å². The average molecular weight is 387 g/mol. The Morgan fingerprint density at radius 1 is 1.04 bits per heavy atom. The van der Waals surface area contributed by atoms with Crippen molar-refractivity contribution in [2.75, 3.05) is 6.61 Å². The maximum atomic E-state index is 12.9. The van der Waals surface area contributed by atoms with Crippen LogP contribution in [-0.2, 0) is 6.18 Å². The molecule has 0 saturated heterocycles. The van der Waals surface area contributed by atoms with Gasteiger partial charge in [0.05, 0.1) is 18.2 Å². The summed E-state index contributed by atoms with van der Waals surface area (Å²) in [6.07, 6.45) is -3.83. The van der Waals surface area contributed by atoms with Crippen molar-refractivity contribution >= 4 is 5.91 Å². The Balaban J connectivity index is 1.53. The number of para-hydroxylation sites is 1. The highest BCUT2D eigenvalue weighted by molar-refractivity contribution is 5.92. The Kier molecular flexibility index (Phi) is 4.58. The summed E-state index contributed by atoms with van der Waals surface area (Å²) in [7, 11) is 0. The van der Waals surface area contributed by atoms with Crippen molar-refractivity contribution in [3.8, 4) is 17.1 Å². The van der Waals surface area contributed by atoms with E-state index in [9.17, 15) is 18.0 Å². The number of ether oxygens (including phenoxy) is 1. The fourth-order valence-corrected chi connectivity index (χ4v) is 3.19. The summed E-state index contributed by atoms with van der Waals surface area (Å²) in [5.74, 6) is 0.531. The number of hydrogen-bond acceptors (Lipinski definition) is 3. The maximum absolute atomic E-state index is 12.9. The largest absolute Gasteiger partial charge is 0.493 e. The van der Waals surface area contributed by atoms with Crippen molar-refractivity contribution in [2.24, 2.45) is 0 Å². The van der Waals surface area contributed by atoms with E-state index in [1.165, 1.54) is 24.3 Å². The number of nitrogens with one attached hydrogen (secondary N) is 1. The van der Waals surface area contributed by atoms with Gasteiger partial charge in [0.25, 0.3) is 5.91 Å². The van der Waals surface area contributed by atoms with E-state index in [1.54, 1.807) is 0 Å². The Morgan fingerprint density at radius 3 is 2.68 bits per heavy atom. The minimum atomic E-state index is -4.45. The number of hydrogen-bond donors (Lipinski definition) is 1. The molecule has 144 valence electrons. The first-order valence-electron chi connectivity index (χ1n) is 8.72. The normalized spacial score (nSPS) is 16.2. The summed E-state index contributed by atoms with van der Waals surface area (Å²) in [4.78, 5) is 12.6. The topological polar surface area (TPSA) is 51.5 Å². The Hall–Kier alpha value is -3.22. The molecule has 2 aromatic carbocycles. The molecule has 0 radical (unpaired) electrons. The summed E-state index contributed by atoms with van der Waals surface area (Å²) >= 11 is 0. The zero-order valence-corrected chi connectivity index (χ0v) is 14.6. The minimum absolute atomic E-state index is 0.0383. The molecule has 0 aliphatic carbocycles. The smallest absolute Gasteiger partial charge is 0.416 e. The number of benzene rings is 2. The third-order valence-corrected chi connectivity index (χ3v) is 4.57. The molecule has 0 spiro atoms. The average Bonchev–Trinajstić information content (AvgIpc) is 3.18. The van der Waals surface area contributed by atoms with Crippen molar-refractivity contribution < 1.29 is 27.1 Å². The maximum Gasteiger partial charge on any atom is 0.416 e. The van der Waals surface area contributed by atoms with Crippen molar-refractivity contribution in [2.45, 2.75) is 18.6 Å². The molecule has 1 atom stereocenters. The number of carbonyl (C=O) groups excluding carboxylic acids is 1. The molecule has 0 bridgehead atoms. The zero-order valence-electron chi connectivity index (χ0n) is 14.6. The van der Waals surface area contributed by atoms with Gasteiger partial charge in [-0.25, -0.2) is 0 Å². The molecule has 1 aromatic heterocycles. The van der Waals surface area contributed by atoms with Gasteiger partial charge < -0.3 is 14.5 Å². The lowest BCUT2D eigenvalue weighted by Gasteiger charge is -2.26. The number of halogens is 3. The van der Waals surface area contributed by atoms with Gasteiger partial charge in [0, 0.05) is 17.5 Å². The van der Waals surface area contributed by atoms with Crippen LogP contribution in [0.25, 0.3) is 11.3 Å². The third kappa shape index (κ3) is 3.60. The Labute approximate surface area is 158 Å². The van der Waals surface area contributed by atoms with Crippen LogP contribution in [0.2, 0.25) is 0 Å².